The van der Waals surface area contributed by atoms with Gasteiger partial charge in [0.25, 0.3) is 5.91 Å². The Morgan fingerprint density at radius 2 is 2.24 bits per heavy atom. The molecule has 6 heteroatoms. The molecule has 0 aliphatic heterocycles. The van der Waals surface area contributed by atoms with Crippen molar-refractivity contribution >= 4 is 32.7 Å². The van der Waals surface area contributed by atoms with Crippen LogP contribution in [0.15, 0.2) is 51.6 Å². The van der Waals surface area contributed by atoms with E-state index in [1.807, 2.05) is 18.2 Å². The molecule has 3 aromatic rings. The van der Waals surface area contributed by atoms with E-state index >= 15 is 0 Å². The lowest BCUT2D eigenvalue weighted by Gasteiger charge is -2.08. The van der Waals surface area contributed by atoms with E-state index in [-0.39, 0.29) is 12.5 Å². The molecule has 0 radical (unpaired) electrons. The minimum atomic E-state index is -0.859. The number of furan rings is 1. The number of halogens is 1. The summed E-state index contributed by atoms with van der Waals surface area (Å²) in [4.78, 5) is 15.1. The first-order chi connectivity index (χ1) is 10.1. The third kappa shape index (κ3) is 3.01. The zero-order valence-corrected chi connectivity index (χ0v) is 12.6. The number of hydrogen-bond acceptors (Lipinski definition) is 3. The first-order valence-corrected chi connectivity index (χ1v) is 7.21. The maximum Gasteiger partial charge on any atom is 0.267 e. The van der Waals surface area contributed by atoms with Gasteiger partial charge in [0.1, 0.15) is 17.6 Å². The third-order valence-corrected chi connectivity index (χ3v) is 3.65. The molecule has 108 valence electrons. The van der Waals surface area contributed by atoms with Crippen LogP contribution in [0.4, 0.5) is 0 Å². The Hall–Kier alpha value is -2.05. The van der Waals surface area contributed by atoms with Gasteiger partial charge in [-0.2, -0.15) is 0 Å². The van der Waals surface area contributed by atoms with Crippen molar-refractivity contribution < 1.29 is 14.3 Å². The van der Waals surface area contributed by atoms with Crippen LogP contribution in [0.3, 0.4) is 0 Å². The monoisotopic (exact) mass is 348 g/mol. The predicted molar refractivity (Wildman–Crippen MR) is 82.0 cm³/mol. The van der Waals surface area contributed by atoms with Crippen molar-refractivity contribution in [3.05, 3.63) is 58.6 Å². The summed E-state index contributed by atoms with van der Waals surface area (Å²) in [5, 5.41) is 13.5. The highest BCUT2D eigenvalue weighted by Crippen LogP contribution is 2.20. The van der Waals surface area contributed by atoms with Gasteiger partial charge in [-0.1, -0.05) is 15.9 Å². The average molecular weight is 349 g/mol. The number of carbonyl (C=O) groups is 1. The number of aromatic amines is 1. The van der Waals surface area contributed by atoms with Crippen molar-refractivity contribution in [2.24, 2.45) is 0 Å². The van der Waals surface area contributed by atoms with Gasteiger partial charge in [-0.15, -0.1) is 0 Å². The second kappa shape index (κ2) is 5.75. The van der Waals surface area contributed by atoms with Crippen LogP contribution in [0, 0.1) is 0 Å². The van der Waals surface area contributed by atoms with Crippen LogP contribution in [-0.2, 0) is 0 Å². The molecule has 3 rings (SSSR count). The summed E-state index contributed by atoms with van der Waals surface area (Å²) in [5.41, 5.74) is 1.34. The molecule has 0 spiro atoms. The molecule has 3 N–H and O–H groups in total. The van der Waals surface area contributed by atoms with Gasteiger partial charge in [0.2, 0.25) is 0 Å². The van der Waals surface area contributed by atoms with E-state index in [4.69, 9.17) is 4.42 Å². The molecule has 0 fully saturated rings. The summed E-state index contributed by atoms with van der Waals surface area (Å²) in [7, 11) is 0. The summed E-state index contributed by atoms with van der Waals surface area (Å²) in [5.74, 6) is 0.156. The average Bonchev–Trinajstić information content (AvgIpc) is 3.12. The Morgan fingerprint density at radius 1 is 1.38 bits per heavy atom. The lowest BCUT2D eigenvalue weighted by Crippen LogP contribution is -2.28. The Labute approximate surface area is 129 Å². The highest BCUT2D eigenvalue weighted by molar-refractivity contribution is 9.10. The van der Waals surface area contributed by atoms with Gasteiger partial charge in [0.15, 0.2) is 0 Å². The molecule has 0 aliphatic carbocycles. The zero-order valence-electron chi connectivity index (χ0n) is 11.0. The maximum absolute atomic E-state index is 12.1. The minimum Gasteiger partial charge on any atom is -0.467 e. The molecule has 0 bridgehead atoms. The van der Waals surface area contributed by atoms with Crippen molar-refractivity contribution in [1.82, 2.24) is 10.3 Å². The lowest BCUT2D eigenvalue weighted by atomic mass is 10.2. The van der Waals surface area contributed by atoms with Gasteiger partial charge in [0.05, 0.1) is 12.8 Å². The topological polar surface area (TPSA) is 78.3 Å². The first kappa shape index (κ1) is 13.9. The number of aliphatic hydroxyl groups is 1. The molecule has 1 unspecified atom stereocenters. The number of carbonyl (C=O) groups excluding carboxylic acids is 1. The number of fused-ring (bicyclic) bond motifs is 1. The van der Waals surface area contributed by atoms with E-state index < -0.39 is 6.10 Å². The van der Waals surface area contributed by atoms with Crippen LogP contribution in [0.1, 0.15) is 22.4 Å². The maximum atomic E-state index is 12.1. The molecule has 5 nitrogen and oxygen atoms in total. The van der Waals surface area contributed by atoms with Gasteiger partial charge in [-0.3, -0.25) is 4.79 Å². The fourth-order valence-corrected chi connectivity index (χ4v) is 2.47. The van der Waals surface area contributed by atoms with Crippen LogP contribution in [0.2, 0.25) is 0 Å². The molecule has 0 saturated carbocycles. The van der Waals surface area contributed by atoms with Crippen molar-refractivity contribution in [2.75, 3.05) is 6.54 Å². The predicted octanol–water partition coefficient (Wildman–Crippen LogP) is 2.99. The summed E-state index contributed by atoms with van der Waals surface area (Å²) < 4.78 is 6.03. The van der Waals surface area contributed by atoms with E-state index in [1.165, 1.54) is 6.26 Å². The second-order valence-electron chi connectivity index (χ2n) is 4.66. The number of benzene rings is 1. The Bertz CT molecular complexity index is 764. The van der Waals surface area contributed by atoms with Gasteiger partial charge < -0.3 is 19.8 Å². The normalized spacial score (nSPS) is 12.5. The zero-order chi connectivity index (χ0) is 14.8. The fraction of sp³-hybridized carbons (Fsp3) is 0.133. The first-order valence-electron chi connectivity index (χ1n) is 6.41. The molecule has 1 atom stereocenters. The Balaban J connectivity index is 1.69. The lowest BCUT2D eigenvalue weighted by molar-refractivity contribution is 0.0897. The number of nitrogens with one attached hydrogen (secondary N) is 2. The highest BCUT2D eigenvalue weighted by atomic mass is 79.9. The van der Waals surface area contributed by atoms with Crippen molar-refractivity contribution in [1.29, 1.82) is 0 Å². The van der Waals surface area contributed by atoms with Gasteiger partial charge >= 0.3 is 0 Å². The molecule has 2 aromatic heterocycles. The third-order valence-electron chi connectivity index (χ3n) is 3.15. The Morgan fingerprint density at radius 3 is 3.00 bits per heavy atom. The van der Waals surface area contributed by atoms with E-state index in [9.17, 15) is 9.90 Å². The fourth-order valence-electron chi connectivity index (χ4n) is 2.09. The molecular weight excluding hydrogens is 336 g/mol. The quantitative estimate of drug-likeness (QED) is 0.678. The van der Waals surface area contributed by atoms with E-state index in [0.29, 0.717) is 11.5 Å². The van der Waals surface area contributed by atoms with Gasteiger partial charge in [-0.05, 0) is 36.4 Å². The van der Waals surface area contributed by atoms with E-state index in [1.54, 1.807) is 18.2 Å². The second-order valence-corrected chi connectivity index (χ2v) is 5.57. The molecule has 1 aromatic carbocycles. The van der Waals surface area contributed by atoms with E-state index in [0.717, 1.165) is 15.4 Å². The minimum absolute atomic E-state index is 0.0887. The van der Waals surface area contributed by atoms with Crippen LogP contribution < -0.4 is 5.32 Å². The van der Waals surface area contributed by atoms with Crippen LogP contribution >= 0.6 is 15.9 Å². The van der Waals surface area contributed by atoms with Gasteiger partial charge in [0, 0.05) is 15.4 Å². The highest BCUT2D eigenvalue weighted by Gasteiger charge is 2.14. The summed E-state index contributed by atoms with van der Waals surface area (Å²) in [6.07, 6.45) is 0.623. The molecule has 0 saturated heterocycles. The standard InChI is InChI=1S/C15H13BrN2O3/c16-10-3-4-11-9(6-10)7-12(18-11)15(20)17-8-13(19)14-2-1-5-21-14/h1-7,13,18-19H,8H2,(H,17,20). The number of rotatable bonds is 4. The van der Waals surface area contributed by atoms with Crippen molar-refractivity contribution in [3.8, 4) is 0 Å². The van der Waals surface area contributed by atoms with Crippen molar-refractivity contribution in [2.45, 2.75) is 6.10 Å². The summed E-state index contributed by atoms with van der Waals surface area (Å²) >= 11 is 3.39. The Kier molecular flexibility index (Phi) is 3.81. The van der Waals surface area contributed by atoms with Crippen LogP contribution in [0.25, 0.3) is 10.9 Å². The van der Waals surface area contributed by atoms with Crippen LogP contribution in [-0.4, -0.2) is 22.5 Å². The molecule has 21 heavy (non-hydrogen) atoms. The van der Waals surface area contributed by atoms with Crippen LogP contribution in [0.5, 0.6) is 0 Å². The smallest absolute Gasteiger partial charge is 0.267 e. The number of aromatic nitrogens is 1. The summed E-state index contributed by atoms with van der Waals surface area (Å²) in [6.45, 7) is 0.0887. The molecular formula is C15H13BrN2O3. The molecule has 1 amide bonds. The number of amides is 1. The number of hydrogen-bond donors (Lipinski definition) is 3. The van der Waals surface area contributed by atoms with E-state index in [2.05, 4.69) is 26.2 Å². The SMILES string of the molecule is O=C(NCC(O)c1ccco1)c1cc2cc(Br)ccc2[nH]1. The molecule has 2 heterocycles. The number of H-pyrrole nitrogens is 1. The number of aliphatic hydroxyl groups excluding tert-OH is 1. The largest absolute Gasteiger partial charge is 0.467 e. The molecule has 0 aliphatic rings. The van der Waals surface area contributed by atoms with Gasteiger partial charge in [-0.25, -0.2) is 0 Å². The summed E-state index contributed by atoms with van der Waals surface area (Å²) in [6, 6.07) is 10.9. The van der Waals surface area contributed by atoms with Crippen molar-refractivity contribution in [3.63, 3.8) is 0 Å².